The lowest BCUT2D eigenvalue weighted by atomic mass is 10.2. The van der Waals surface area contributed by atoms with Gasteiger partial charge in [-0.25, -0.2) is 4.79 Å². The van der Waals surface area contributed by atoms with Crippen LogP contribution in [-0.4, -0.2) is 17.0 Å². The summed E-state index contributed by atoms with van der Waals surface area (Å²) in [6.07, 6.45) is 0. The van der Waals surface area contributed by atoms with Crippen molar-refractivity contribution in [2.45, 2.75) is 0 Å². The van der Waals surface area contributed by atoms with E-state index in [-0.39, 0.29) is 9.48 Å². The summed E-state index contributed by atoms with van der Waals surface area (Å²) in [6.45, 7) is 0. The van der Waals surface area contributed by atoms with Crippen LogP contribution in [0.5, 0.6) is 0 Å². The average molecular weight is 465 g/mol. The van der Waals surface area contributed by atoms with Crippen LogP contribution < -0.4 is 5.32 Å². The Kier molecular flexibility index (Phi) is 5.25. The molecule has 16 heavy (non-hydrogen) atoms. The van der Waals surface area contributed by atoms with E-state index >= 15 is 0 Å². The van der Waals surface area contributed by atoms with Crippen LogP contribution in [-0.2, 0) is 4.74 Å². The molecular formula is C9H6ClI2NO3. The number of carbonyl (C=O) groups is 2. The Morgan fingerprint density at radius 3 is 2.56 bits per heavy atom. The number of benzene rings is 1. The molecule has 0 bridgehead atoms. The van der Waals surface area contributed by atoms with Crippen LogP contribution in [0.2, 0.25) is 5.02 Å². The van der Waals surface area contributed by atoms with Crippen molar-refractivity contribution in [2.75, 3.05) is 12.4 Å². The lowest BCUT2D eigenvalue weighted by molar-refractivity contribution is 0.0602. The number of ether oxygens (including phenoxy) is 1. The fraction of sp³-hybridized carbons (Fsp3) is 0.111. The van der Waals surface area contributed by atoms with Crippen LogP contribution in [0.1, 0.15) is 10.4 Å². The zero-order valence-electron chi connectivity index (χ0n) is 8.01. The highest BCUT2D eigenvalue weighted by Gasteiger charge is 2.15. The third-order valence-electron chi connectivity index (χ3n) is 1.70. The van der Waals surface area contributed by atoms with Crippen molar-refractivity contribution >= 4 is 72.4 Å². The summed E-state index contributed by atoms with van der Waals surface area (Å²) in [7, 11) is 1.28. The Hall–Kier alpha value is -0.0900. The molecular weight excluding hydrogens is 459 g/mol. The van der Waals surface area contributed by atoms with Crippen molar-refractivity contribution in [3.63, 3.8) is 0 Å². The Labute approximate surface area is 124 Å². The van der Waals surface area contributed by atoms with Gasteiger partial charge in [-0.15, -0.1) is 0 Å². The van der Waals surface area contributed by atoms with Crippen molar-refractivity contribution in [1.82, 2.24) is 0 Å². The molecule has 4 nitrogen and oxygen atoms in total. The Morgan fingerprint density at radius 2 is 2.06 bits per heavy atom. The lowest BCUT2D eigenvalue weighted by Crippen LogP contribution is -2.10. The van der Waals surface area contributed by atoms with Crippen LogP contribution in [0, 0.1) is 3.57 Å². The first kappa shape index (κ1) is 14.0. The number of methoxy groups -OCH3 is 1. The molecule has 0 fully saturated rings. The van der Waals surface area contributed by atoms with Crippen LogP contribution in [0.4, 0.5) is 10.5 Å². The fourth-order valence-corrected chi connectivity index (χ4v) is 1.96. The zero-order chi connectivity index (χ0) is 12.3. The molecule has 1 aromatic carbocycles. The quantitative estimate of drug-likeness (QED) is 0.314. The van der Waals surface area contributed by atoms with Gasteiger partial charge in [-0.1, -0.05) is 11.6 Å². The van der Waals surface area contributed by atoms with Crippen LogP contribution in [0.3, 0.4) is 0 Å². The number of esters is 1. The first-order valence-electron chi connectivity index (χ1n) is 3.99. The molecule has 0 aliphatic rings. The highest BCUT2D eigenvalue weighted by Crippen LogP contribution is 2.27. The molecule has 0 aliphatic carbocycles. The van der Waals surface area contributed by atoms with Gasteiger partial charge in [0.05, 0.1) is 23.4 Å². The summed E-state index contributed by atoms with van der Waals surface area (Å²) in [4.78, 5) is 22.4. The molecule has 7 heteroatoms. The van der Waals surface area contributed by atoms with Gasteiger partial charge in [0.25, 0.3) is 3.91 Å². The van der Waals surface area contributed by atoms with Crippen molar-refractivity contribution in [1.29, 1.82) is 0 Å². The molecule has 0 spiro atoms. The molecule has 0 aromatic heterocycles. The summed E-state index contributed by atoms with van der Waals surface area (Å²) in [5.74, 6) is -0.519. The summed E-state index contributed by atoms with van der Waals surface area (Å²) < 4.78 is 5.02. The average Bonchev–Trinajstić information content (AvgIpc) is 2.21. The second-order valence-corrected chi connectivity index (χ2v) is 5.25. The van der Waals surface area contributed by atoms with Gasteiger partial charge >= 0.3 is 5.97 Å². The molecule has 0 saturated carbocycles. The van der Waals surface area contributed by atoms with Gasteiger partial charge in [-0.05, 0) is 34.7 Å². The number of hydrogen-bond donors (Lipinski definition) is 1. The Balaban J connectivity index is 3.27. The first-order chi connectivity index (χ1) is 7.45. The minimum Gasteiger partial charge on any atom is -0.465 e. The van der Waals surface area contributed by atoms with Crippen molar-refractivity contribution in [3.05, 3.63) is 26.3 Å². The smallest absolute Gasteiger partial charge is 0.340 e. The second-order valence-electron chi connectivity index (χ2n) is 2.70. The van der Waals surface area contributed by atoms with Gasteiger partial charge in [-0.2, -0.15) is 0 Å². The number of nitrogens with one attached hydrogen (secondary N) is 1. The summed E-state index contributed by atoms with van der Waals surface area (Å²) >= 11 is 9.47. The van der Waals surface area contributed by atoms with Crippen LogP contribution >= 0.6 is 56.8 Å². The summed E-state index contributed by atoms with van der Waals surface area (Å²) in [5.41, 5.74) is 0.623. The molecule has 0 aliphatic heterocycles. The van der Waals surface area contributed by atoms with E-state index in [4.69, 9.17) is 11.6 Å². The molecule has 86 valence electrons. The van der Waals surface area contributed by atoms with E-state index in [0.717, 1.165) is 0 Å². The summed E-state index contributed by atoms with van der Waals surface area (Å²) in [5, 5.41) is 2.98. The molecule has 0 atom stereocenters. The third-order valence-corrected chi connectivity index (χ3v) is 3.49. The molecule has 1 N–H and O–H groups in total. The van der Waals surface area contributed by atoms with Gasteiger partial charge in [0.2, 0.25) is 0 Å². The van der Waals surface area contributed by atoms with Crippen LogP contribution in [0.15, 0.2) is 12.1 Å². The van der Waals surface area contributed by atoms with Crippen molar-refractivity contribution in [3.8, 4) is 0 Å². The lowest BCUT2D eigenvalue weighted by Gasteiger charge is -2.09. The topological polar surface area (TPSA) is 55.4 Å². The second kappa shape index (κ2) is 6.01. The Morgan fingerprint density at radius 1 is 1.44 bits per heavy atom. The Bertz CT molecular complexity index is 451. The number of hydrogen-bond acceptors (Lipinski definition) is 3. The minimum absolute atomic E-state index is 0.279. The van der Waals surface area contributed by atoms with Gasteiger partial charge < -0.3 is 10.1 Å². The standard InChI is InChI=1S/C9H6ClI2NO3/c1-16-8(14)4-2-6(11)5(10)3-7(4)13-9(12)15/h2-3H,1H3,(H,13,15). The molecule has 0 saturated heterocycles. The maximum Gasteiger partial charge on any atom is 0.340 e. The number of halogens is 3. The SMILES string of the molecule is COC(=O)c1cc(I)c(Cl)cc1NC(=O)I. The summed E-state index contributed by atoms with van der Waals surface area (Å²) in [6, 6.07) is 3.09. The normalized spacial score (nSPS) is 9.75. The van der Waals surface area contributed by atoms with E-state index in [1.165, 1.54) is 13.2 Å². The predicted molar refractivity (Wildman–Crippen MR) is 78.5 cm³/mol. The van der Waals surface area contributed by atoms with E-state index in [0.29, 0.717) is 14.3 Å². The van der Waals surface area contributed by atoms with Gasteiger partial charge in [-0.3, -0.25) is 4.79 Å². The van der Waals surface area contributed by atoms with Gasteiger partial charge in [0, 0.05) is 26.2 Å². The highest BCUT2D eigenvalue weighted by atomic mass is 127. The van der Waals surface area contributed by atoms with Crippen molar-refractivity contribution in [2.24, 2.45) is 0 Å². The van der Waals surface area contributed by atoms with E-state index in [1.807, 2.05) is 22.6 Å². The molecule has 1 amide bonds. The maximum atomic E-state index is 11.5. The number of anilines is 1. The minimum atomic E-state index is -0.519. The molecule has 0 radical (unpaired) electrons. The third kappa shape index (κ3) is 3.45. The predicted octanol–water partition coefficient (Wildman–Crippen LogP) is 3.70. The number of amides is 1. The fourth-order valence-electron chi connectivity index (χ4n) is 1.03. The molecule has 0 heterocycles. The largest absolute Gasteiger partial charge is 0.465 e. The van der Waals surface area contributed by atoms with E-state index < -0.39 is 5.97 Å². The zero-order valence-corrected chi connectivity index (χ0v) is 13.1. The molecule has 1 aromatic rings. The van der Waals surface area contributed by atoms with Gasteiger partial charge in [0.1, 0.15) is 0 Å². The first-order valence-corrected chi connectivity index (χ1v) is 6.53. The molecule has 1 rings (SSSR count). The maximum absolute atomic E-state index is 11.5. The number of carbonyl (C=O) groups excluding carboxylic acids is 2. The number of rotatable bonds is 2. The van der Waals surface area contributed by atoms with E-state index in [1.54, 1.807) is 28.7 Å². The van der Waals surface area contributed by atoms with Gasteiger partial charge in [0.15, 0.2) is 0 Å². The van der Waals surface area contributed by atoms with E-state index in [9.17, 15) is 9.59 Å². The van der Waals surface area contributed by atoms with Crippen LogP contribution in [0.25, 0.3) is 0 Å². The van der Waals surface area contributed by atoms with E-state index in [2.05, 4.69) is 10.1 Å². The highest BCUT2D eigenvalue weighted by molar-refractivity contribution is 14.1. The molecule has 0 unspecified atom stereocenters. The van der Waals surface area contributed by atoms with Crippen molar-refractivity contribution < 1.29 is 14.3 Å². The monoisotopic (exact) mass is 465 g/mol.